The number of hydrogen-bond donors (Lipinski definition) is 1. The molecule has 0 fully saturated rings. The number of esters is 2. The number of rotatable bonds is 5. The predicted molar refractivity (Wildman–Crippen MR) is 105 cm³/mol. The van der Waals surface area contributed by atoms with Crippen molar-refractivity contribution in [1.82, 2.24) is 0 Å². The Labute approximate surface area is 167 Å². The van der Waals surface area contributed by atoms with Crippen LogP contribution in [-0.4, -0.2) is 22.5 Å². The third-order valence-corrected chi connectivity index (χ3v) is 4.01. The minimum Gasteiger partial charge on any atom is -0.456 e. The lowest BCUT2D eigenvalue weighted by Gasteiger charge is -2.22. The average molecular weight is 396 g/mol. The molecule has 8 heteroatoms. The largest absolute Gasteiger partial charge is 0.456 e. The fraction of sp³-hybridized carbons (Fsp3) is 0.238. The number of nitro benzene ring substituents is 1. The number of benzene rings is 2. The summed E-state index contributed by atoms with van der Waals surface area (Å²) < 4.78 is 10.9. The Morgan fingerprint density at radius 2 is 1.83 bits per heavy atom. The summed E-state index contributed by atoms with van der Waals surface area (Å²) in [5.74, 6) is -1.48. The van der Waals surface area contributed by atoms with Gasteiger partial charge in [-0.1, -0.05) is 30.3 Å². The van der Waals surface area contributed by atoms with Crippen molar-refractivity contribution in [1.29, 1.82) is 0 Å². The predicted octanol–water partition coefficient (Wildman–Crippen LogP) is 3.90. The molecule has 8 nitrogen and oxygen atoms in total. The summed E-state index contributed by atoms with van der Waals surface area (Å²) in [6.45, 7) is 5.11. The number of carbonyl (C=O) groups is 2. The number of nitrogens with zero attached hydrogens (tertiary/aromatic N) is 1. The summed E-state index contributed by atoms with van der Waals surface area (Å²) in [4.78, 5) is 36.1. The summed E-state index contributed by atoms with van der Waals surface area (Å²) in [5.41, 5.74) is -0.179. The van der Waals surface area contributed by atoms with E-state index in [0.717, 1.165) is 0 Å². The van der Waals surface area contributed by atoms with E-state index in [0.29, 0.717) is 11.3 Å². The molecule has 1 aliphatic rings. The minimum absolute atomic E-state index is 0.0331. The molecule has 1 N–H and O–H groups in total. The number of carbonyl (C=O) groups excluding carboxylic acids is 2. The van der Waals surface area contributed by atoms with E-state index in [1.807, 2.05) is 6.07 Å². The number of non-ortho nitro benzene ring substituents is 1. The second-order valence-corrected chi connectivity index (χ2v) is 7.42. The highest BCUT2D eigenvalue weighted by molar-refractivity contribution is 6.06. The molecule has 0 spiro atoms. The van der Waals surface area contributed by atoms with E-state index in [4.69, 9.17) is 9.47 Å². The van der Waals surface area contributed by atoms with Gasteiger partial charge >= 0.3 is 11.9 Å². The van der Waals surface area contributed by atoms with Crippen LogP contribution in [-0.2, 0) is 19.1 Å². The van der Waals surface area contributed by atoms with Crippen LogP contribution in [0.1, 0.15) is 32.4 Å². The van der Waals surface area contributed by atoms with Crippen molar-refractivity contribution < 1.29 is 24.0 Å². The third kappa shape index (κ3) is 4.60. The van der Waals surface area contributed by atoms with Crippen molar-refractivity contribution >= 4 is 23.3 Å². The number of para-hydroxylation sites is 1. The zero-order valence-electron chi connectivity index (χ0n) is 16.2. The van der Waals surface area contributed by atoms with Crippen LogP contribution in [0.25, 0.3) is 0 Å². The number of nitro groups is 1. The van der Waals surface area contributed by atoms with Gasteiger partial charge in [0, 0.05) is 23.4 Å². The zero-order valence-corrected chi connectivity index (χ0v) is 16.2. The normalized spacial score (nSPS) is 16.4. The number of hydrogen-bond acceptors (Lipinski definition) is 7. The molecule has 0 aliphatic carbocycles. The Morgan fingerprint density at radius 1 is 1.14 bits per heavy atom. The van der Waals surface area contributed by atoms with Crippen LogP contribution in [0.15, 0.2) is 65.9 Å². The highest BCUT2D eigenvalue weighted by Gasteiger charge is 2.42. The molecule has 0 bridgehead atoms. The lowest BCUT2D eigenvalue weighted by Crippen LogP contribution is -2.27. The van der Waals surface area contributed by atoms with Gasteiger partial charge < -0.3 is 14.8 Å². The highest BCUT2D eigenvalue weighted by atomic mass is 16.6. The van der Waals surface area contributed by atoms with Gasteiger partial charge in [-0.25, -0.2) is 9.59 Å². The summed E-state index contributed by atoms with van der Waals surface area (Å²) in [6.07, 6.45) is -1.12. The van der Waals surface area contributed by atoms with E-state index in [9.17, 15) is 19.7 Å². The third-order valence-electron chi connectivity index (χ3n) is 4.01. The van der Waals surface area contributed by atoms with Crippen molar-refractivity contribution in [2.75, 3.05) is 5.32 Å². The van der Waals surface area contributed by atoms with Crippen molar-refractivity contribution in [2.45, 2.75) is 32.5 Å². The summed E-state index contributed by atoms with van der Waals surface area (Å²) in [7, 11) is 0. The molecule has 150 valence electrons. The van der Waals surface area contributed by atoms with Crippen molar-refractivity contribution in [3.8, 4) is 0 Å². The molecule has 0 radical (unpaired) electrons. The van der Waals surface area contributed by atoms with E-state index in [1.165, 1.54) is 18.2 Å². The van der Waals surface area contributed by atoms with Crippen LogP contribution in [0, 0.1) is 10.1 Å². The van der Waals surface area contributed by atoms with E-state index in [1.54, 1.807) is 51.1 Å². The lowest BCUT2D eigenvalue weighted by atomic mass is 10.0. The minimum atomic E-state index is -1.12. The first-order valence-electron chi connectivity index (χ1n) is 8.90. The standard InChI is InChI=1S/C21H20N2O6/c1-21(2,3)29-19(24)16-17(22-14-9-5-4-6-10-14)20(25)28-18(16)13-8-7-11-15(12-13)23(26)27/h4-12,18,22H,1-3H3. The molecule has 0 aromatic heterocycles. The molecule has 0 saturated carbocycles. The van der Waals surface area contributed by atoms with Crippen molar-refractivity contribution in [3.05, 3.63) is 81.5 Å². The number of ether oxygens (including phenoxy) is 2. The Balaban J connectivity index is 2.08. The topological polar surface area (TPSA) is 108 Å². The van der Waals surface area contributed by atoms with Gasteiger partial charge in [0.25, 0.3) is 5.69 Å². The van der Waals surface area contributed by atoms with Gasteiger partial charge in [-0.05, 0) is 32.9 Å². The molecule has 1 atom stereocenters. The van der Waals surface area contributed by atoms with E-state index in [2.05, 4.69) is 5.32 Å². The number of nitrogens with one attached hydrogen (secondary N) is 1. The monoisotopic (exact) mass is 396 g/mol. The smallest absolute Gasteiger partial charge is 0.356 e. The molecule has 2 aromatic rings. The molecule has 0 amide bonds. The molecule has 1 aliphatic heterocycles. The van der Waals surface area contributed by atoms with E-state index >= 15 is 0 Å². The molecule has 1 unspecified atom stereocenters. The van der Waals surface area contributed by atoms with Crippen LogP contribution in [0.3, 0.4) is 0 Å². The van der Waals surface area contributed by atoms with Crippen LogP contribution in [0.5, 0.6) is 0 Å². The molecular formula is C21H20N2O6. The number of anilines is 1. The van der Waals surface area contributed by atoms with E-state index < -0.39 is 28.6 Å². The van der Waals surface area contributed by atoms with E-state index in [-0.39, 0.29) is 17.0 Å². The van der Waals surface area contributed by atoms with Gasteiger partial charge in [-0.15, -0.1) is 0 Å². The summed E-state index contributed by atoms with van der Waals surface area (Å²) >= 11 is 0. The fourth-order valence-corrected chi connectivity index (χ4v) is 2.83. The average Bonchev–Trinajstić information content (AvgIpc) is 2.98. The van der Waals surface area contributed by atoms with Crippen LogP contribution < -0.4 is 5.32 Å². The Morgan fingerprint density at radius 3 is 2.45 bits per heavy atom. The van der Waals surface area contributed by atoms with Gasteiger partial charge in [0.15, 0.2) is 6.10 Å². The Kier molecular flexibility index (Phi) is 5.36. The van der Waals surface area contributed by atoms with Gasteiger partial charge in [0.1, 0.15) is 16.9 Å². The maximum absolute atomic E-state index is 12.9. The van der Waals surface area contributed by atoms with Gasteiger partial charge in [0.2, 0.25) is 0 Å². The molecule has 2 aromatic carbocycles. The maximum atomic E-state index is 12.9. The van der Waals surface area contributed by atoms with Crippen molar-refractivity contribution in [3.63, 3.8) is 0 Å². The lowest BCUT2D eigenvalue weighted by molar-refractivity contribution is -0.385. The zero-order chi connectivity index (χ0) is 21.2. The highest BCUT2D eigenvalue weighted by Crippen LogP contribution is 2.38. The molecule has 0 saturated heterocycles. The SMILES string of the molecule is CC(C)(C)OC(=O)C1=C(Nc2ccccc2)C(=O)OC1c1cccc([N+](=O)[O-])c1. The number of cyclic esters (lactones) is 1. The molecular weight excluding hydrogens is 376 g/mol. The first-order chi connectivity index (χ1) is 13.7. The summed E-state index contributed by atoms with van der Waals surface area (Å²) in [6, 6.07) is 14.4. The van der Waals surface area contributed by atoms with Gasteiger partial charge in [-0.3, -0.25) is 10.1 Å². The second kappa shape index (κ2) is 7.75. The molecule has 1 heterocycles. The van der Waals surface area contributed by atoms with Gasteiger partial charge in [-0.2, -0.15) is 0 Å². The molecule has 29 heavy (non-hydrogen) atoms. The second-order valence-electron chi connectivity index (χ2n) is 7.42. The van der Waals surface area contributed by atoms with Crippen LogP contribution >= 0.6 is 0 Å². The Bertz CT molecular complexity index is 992. The quantitative estimate of drug-likeness (QED) is 0.464. The first kappa shape index (κ1) is 20.1. The summed E-state index contributed by atoms with van der Waals surface area (Å²) in [5, 5.41) is 14.0. The Hall–Kier alpha value is -3.68. The fourth-order valence-electron chi connectivity index (χ4n) is 2.83. The first-order valence-corrected chi connectivity index (χ1v) is 8.90. The molecule has 3 rings (SSSR count). The van der Waals surface area contributed by atoms with Crippen molar-refractivity contribution in [2.24, 2.45) is 0 Å². The van der Waals surface area contributed by atoms with Crippen LogP contribution in [0.4, 0.5) is 11.4 Å². The van der Waals surface area contributed by atoms with Crippen LogP contribution in [0.2, 0.25) is 0 Å². The van der Waals surface area contributed by atoms with Gasteiger partial charge in [0.05, 0.1) is 4.92 Å². The maximum Gasteiger partial charge on any atom is 0.356 e.